The highest BCUT2D eigenvalue weighted by Crippen LogP contribution is 2.46. The van der Waals surface area contributed by atoms with Crippen molar-refractivity contribution in [2.75, 3.05) is 19.3 Å². The molecule has 1 fully saturated rings. The van der Waals surface area contributed by atoms with Crippen molar-refractivity contribution in [3.63, 3.8) is 0 Å². The quantitative estimate of drug-likeness (QED) is 0.322. The third-order valence-corrected chi connectivity index (χ3v) is 6.11. The fourth-order valence-corrected chi connectivity index (χ4v) is 4.29. The van der Waals surface area contributed by atoms with Gasteiger partial charge in [-0.1, -0.05) is 25.7 Å². The standard InChI is InChI=1S/C12H30N4O6P2/c17-23(18,19)11-7-8-12(24(20,21)22)16-10-6-4-2-1-3-5-9-13-14-15-16/h12-15H,1-11H2,(H2,17,18,19)(H2,20,21,22). The van der Waals surface area contributed by atoms with Crippen molar-refractivity contribution in [3.05, 3.63) is 0 Å². The monoisotopic (exact) mass is 388 g/mol. The van der Waals surface area contributed by atoms with Gasteiger partial charge in [0.15, 0.2) is 0 Å². The Morgan fingerprint density at radius 1 is 0.958 bits per heavy atom. The maximum absolute atomic E-state index is 11.8. The summed E-state index contributed by atoms with van der Waals surface area (Å²) in [5.74, 6) is -1.14. The molecule has 0 aromatic carbocycles. The minimum Gasteiger partial charge on any atom is -0.324 e. The van der Waals surface area contributed by atoms with Crippen LogP contribution in [0.4, 0.5) is 0 Å². The largest absolute Gasteiger partial charge is 0.343 e. The van der Waals surface area contributed by atoms with E-state index in [4.69, 9.17) is 9.79 Å². The lowest BCUT2D eigenvalue weighted by atomic mass is 10.1. The predicted molar refractivity (Wildman–Crippen MR) is 90.7 cm³/mol. The van der Waals surface area contributed by atoms with Crippen LogP contribution in [0.25, 0.3) is 0 Å². The van der Waals surface area contributed by atoms with Gasteiger partial charge in [0.2, 0.25) is 0 Å². The molecule has 0 aliphatic carbocycles. The normalized spacial score (nSPS) is 21.7. The topological polar surface area (TPSA) is 154 Å². The van der Waals surface area contributed by atoms with E-state index >= 15 is 0 Å². The third-order valence-electron chi connectivity index (χ3n) is 3.90. The molecule has 0 bridgehead atoms. The lowest BCUT2D eigenvalue weighted by Crippen LogP contribution is -2.56. The van der Waals surface area contributed by atoms with E-state index in [-0.39, 0.29) is 19.0 Å². The minimum absolute atomic E-state index is 0.00985. The highest BCUT2D eigenvalue weighted by Gasteiger charge is 2.34. The predicted octanol–water partition coefficient (Wildman–Crippen LogP) is 0.618. The van der Waals surface area contributed by atoms with Gasteiger partial charge in [-0.2, -0.15) is 11.1 Å². The summed E-state index contributed by atoms with van der Waals surface area (Å²) in [6.07, 6.45) is 5.77. The van der Waals surface area contributed by atoms with Gasteiger partial charge < -0.3 is 19.6 Å². The molecule has 7 N–H and O–H groups in total. The van der Waals surface area contributed by atoms with Gasteiger partial charge in [-0.05, 0) is 25.7 Å². The number of hydrazine groups is 3. The molecule has 24 heavy (non-hydrogen) atoms. The molecule has 0 aromatic heterocycles. The molecule has 1 unspecified atom stereocenters. The average Bonchev–Trinajstić information content (AvgIpc) is 2.42. The van der Waals surface area contributed by atoms with Crippen molar-refractivity contribution in [2.45, 2.75) is 57.1 Å². The zero-order chi connectivity index (χ0) is 18.1. The molecule has 10 nitrogen and oxygen atoms in total. The minimum atomic E-state index is -4.46. The van der Waals surface area contributed by atoms with Crippen LogP contribution in [0.5, 0.6) is 0 Å². The van der Waals surface area contributed by atoms with Crippen molar-refractivity contribution in [1.29, 1.82) is 0 Å². The Morgan fingerprint density at radius 3 is 2.21 bits per heavy atom. The fourth-order valence-electron chi connectivity index (χ4n) is 2.64. The van der Waals surface area contributed by atoms with E-state index in [0.29, 0.717) is 6.54 Å². The Labute approximate surface area is 142 Å². The summed E-state index contributed by atoms with van der Waals surface area (Å²) >= 11 is 0. The summed E-state index contributed by atoms with van der Waals surface area (Å²) in [6, 6.07) is 0. The van der Waals surface area contributed by atoms with E-state index in [1.807, 2.05) is 0 Å². The van der Waals surface area contributed by atoms with Gasteiger partial charge in [-0.15, -0.1) is 0 Å². The van der Waals surface area contributed by atoms with Crippen molar-refractivity contribution in [3.8, 4) is 0 Å². The van der Waals surface area contributed by atoms with Crippen LogP contribution in [0.3, 0.4) is 0 Å². The zero-order valence-corrected chi connectivity index (χ0v) is 15.6. The number of nitrogens with zero attached hydrogens (tertiary/aromatic N) is 1. The summed E-state index contributed by atoms with van der Waals surface area (Å²) in [4.78, 5) is 37.1. The molecule has 1 rings (SSSR count). The number of hydrogen-bond acceptors (Lipinski definition) is 6. The van der Waals surface area contributed by atoms with Gasteiger partial charge >= 0.3 is 15.2 Å². The molecule has 0 spiro atoms. The molecule has 1 aliphatic heterocycles. The van der Waals surface area contributed by atoms with Crippen LogP contribution in [-0.2, 0) is 9.13 Å². The molecule has 1 saturated heterocycles. The van der Waals surface area contributed by atoms with Gasteiger partial charge in [0.05, 0.1) is 0 Å². The van der Waals surface area contributed by atoms with E-state index in [0.717, 1.165) is 45.1 Å². The van der Waals surface area contributed by atoms with Crippen LogP contribution in [0, 0.1) is 0 Å². The van der Waals surface area contributed by atoms with E-state index in [9.17, 15) is 18.9 Å². The highest BCUT2D eigenvalue weighted by molar-refractivity contribution is 7.52. The van der Waals surface area contributed by atoms with Crippen LogP contribution in [0.15, 0.2) is 0 Å². The van der Waals surface area contributed by atoms with Crippen LogP contribution in [0.2, 0.25) is 0 Å². The number of rotatable bonds is 6. The first kappa shape index (κ1) is 22.2. The van der Waals surface area contributed by atoms with Gasteiger partial charge in [0.1, 0.15) is 5.78 Å². The molecule has 0 amide bonds. The molecule has 0 radical (unpaired) electrons. The Morgan fingerprint density at radius 2 is 1.58 bits per heavy atom. The van der Waals surface area contributed by atoms with E-state index in [1.165, 1.54) is 5.01 Å². The molecule has 12 heteroatoms. The number of hydrogen-bond donors (Lipinski definition) is 7. The van der Waals surface area contributed by atoms with Gasteiger partial charge in [0, 0.05) is 19.3 Å². The average molecular weight is 388 g/mol. The Balaban J connectivity index is 2.67. The smallest absolute Gasteiger partial charge is 0.324 e. The first-order chi connectivity index (χ1) is 11.2. The van der Waals surface area contributed by atoms with E-state index in [1.54, 1.807) is 0 Å². The van der Waals surface area contributed by atoms with Crippen molar-refractivity contribution >= 4 is 15.2 Å². The summed E-state index contributed by atoms with van der Waals surface area (Å²) in [5, 5.41) is 1.44. The molecular weight excluding hydrogens is 358 g/mol. The fraction of sp³-hybridized carbons (Fsp3) is 1.00. The van der Waals surface area contributed by atoms with Gasteiger partial charge in [-0.3, -0.25) is 9.13 Å². The third kappa shape index (κ3) is 10.2. The Kier molecular flexibility index (Phi) is 10.1. The summed E-state index contributed by atoms with van der Waals surface area (Å²) in [5.41, 5.74) is 8.46. The molecule has 0 aromatic rings. The lowest BCUT2D eigenvalue weighted by Gasteiger charge is -2.32. The van der Waals surface area contributed by atoms with Crippen LogP contribution < -0.4 is 16.5 Å². The highest BCUT2D eigenvalue weighted by atomic mass is 31.2. The van der Waals surface area contributed by atoms with Crippen LogP contribution >= 0.6 is 15.2 Å². The first-order valence-electron chi connectivity index (χ1n) is 8.30. The molecule has 0 saturated carbocycles. The Bertz CT molecular complexity index is 431. The molecule has 1 aliphatic rings. The summed E-state index contributed by atoms with van der Waals surface area (Å²) < 4.78 is 22.8. The van der Waals surface area contributed by atoms with E-state index < -0.39 is 21.0 Å². The maximum atomic E-state index is 11.8. The van der Waals surface area contributed by atoms with Gasteiger partial charge in [0.25, 0.3) is 0 Å². The van der Waals surface area contributed by atoms with E-state index in [2.05, 4.69) is 16.5 Å². The maximum Gasteiger partial charge on any atom is 0.343 e. The second-order valence-electron chi connectivity index (χ2n) is 6.08. The molecule has 1 atom stereocenters. The summed E-state index contributed by atoms with van der Waals surface area (Å²) in [7, 11) is -8.63. The van der Waals surface area contributed by atoms with Crippen molar-refractivity contribution < 1.29 is 28.7 Å². The SMILES string of the molecule is O=P(O)(O)CCCC(N1CCCCCCCCNNN1)P(=O)(O)O. The Hall–Kier alpha value is 0.140. The molecule has 144 valence electrons. The second kappa shape index (κ2) is 11.0. The molecular formula is C12H30N4O6P2. The van der Waals surface area contributed by atoms with Gasteiger partial charge in [-0.25, -0.2) is 10.4 Å². The van der Waals surface area contributed by atoms with Crippen LogP contribution in [-0.4, -0.2) is 49.6 Å². The van der Waals surface area contributed by atoms with Crippen molar-refractivity contribution in [2.24, 2.45) is 0 Å². The second-order valence-corrected chi connectivity index (χ2v) is 9.63. The molecule has 1 heterocycles. The number of nitrogens with one attached hydrogen (secondary N) is 3. The first-order valence-corrected chi connectivity index (χ1v) is 11.8. The summed E-state index contributed by atoms with van der Waals surface area (Å²) in [6.45, 7) is 1.17. The zero-order valence-electron chi connectivity index (χ0n) is 13.8. The lowest BCUT2D eigenvalue weighted by molar-refractivity contribution is 0.0952. The van der Waals surface area contributed by atoms with Crippen LogP contribution in [0.1, 0.15) is 51.4 Å². The van der Waals surface area contributed by atoms with Crippen molar-refractivity contribution in [1.82, 2.24) is 21.5 Å².